The number of hydrogen-bond acceptors (Lipinski definition) is 4. The summed E-state index contributed by atoms with van der Waals surface area (Å²) in [5.41, 5.74) is 0.584. The molecule has 1 amide bonds. The van der Waals surface area contributed by atoms with E-state index in [1.165, 1.54) is 0 Å². The number of carbonyl (C=O) groups is 1. The van der Waals surface area contributed by atoms with Crippen LogP contribution in [0.3, 0.4) is 0 Å². The predicted molar refractivity (Wildman–Crippen MR) is 112 cm³/mol. The number of unbranched alkanes of at least 4 members (excludes halogenated alkanes) is 2. The van der Waals surface area contributed by atoms with Crippen molar-refractivity contribution in [3.8, 4) is 0 Å². The first-order valence-corrected chi connectivity index (χ1v) is 10.3. The number of carbonyl (C=O) groups excluding carboxylic acids is 1. The predicted octanol–water partition coefficient (Wildman–Crippen LogP) is 3.92. The van der Waals surface area contributed by atoms with E-state index in [0.717, 1.165) is 25.7 Å². The zero-order chi connectivity index (χ0) is 20.5. The highest BCUT2D eigenvalue weighted by molar-refractivity contribution is 5.78. The second-order valence-electron chi connectivity index (χ2n) is 7.16. The lowest BCUT2D eigenvalue weighted by molar-refractivity contribution is -0.133. The molecule has 6 nitrogen and oxygen atoms in total. The first-order chi connectivity index (χ1) is 13.5. The van der Waals surface area contributed by atoms with Gasteiger partial charge >= 0.3 is 0 Å². The molecule has 1 atom stereocenters. The van der Waals surface area contributed by atoms with Gasteiger partial charge in [-0.2, -0.15) is 0 Å². The second-order valence-corrected chi connectivity index (χ2v) is 7.16. The Hall–Kier alpha value is -2.21. The number of nitrogens with zero attached hydrogens (tertiary/aromatic N) is 3. The third-order valence-corrected chi connectivity index (χ3v) is 5.04. The highest BCUT2D eigenvalue weighted by Gasteiger charge is 2.25. The van der Waals surface area contributed by atoms with Crippen LogP contribution in [0.25, 0.3) is 10.9 Å². The van der Waals surface area contributed by atoms with E-state index in [4.69, 9.17) is 9.72 Å². The molecule has 2 aromatic rings. The molecular formula is C22H33N3O3. The minimum absolute atomic E-state index is 0.0825. The van der Waals surface area contributed by atoms with E-state index in [0.29, 0.717) is 42.8 Å². The minimum atomic E-state index is -0.273. The van der Waals surface area contributed by atoms with Crippen LogP contribution in [-0.4, -0.2) is 40.6 Å². The SMILES string of the molecule is CCCCCN(C(=O)CCC)C(C)c1nc2ccccc2c(=O)n1CCOC. The summed E-state index contributed by atoms with van der Waals surface area (Å²) < 4.78 is 6.87. The third-order valence-electron chi connectivity index (χ3n) is 5.04. The number of hydrogen-bond donors (Lipinski definition) is 0. The number of benzene rings is 1. The molecule has 0 aliphatic carbocycles. The van der Waals surface area contributed by atoms with Crippen molar-refractivity contribution in [3.63, 3.8) is 0 Å². The summed E-state index contributed by atoms with van der Waals surface area (Å²) in [5.74, 6) is 0.744. The van der Waals surface area contributed by atoms with Crippen LogP contribution in [-0.2, 0) is 16.1 Å². The van der Waals surface area contributed by atoms with Crippen LogP contribution >= 0.6 is 0 Å². The number of methoxy groups -OCH3 is 1. The summed E-state index contributed by atoms with van der Waals surface area (Å²) in [6.45, 7) is 7.64. The summed E-state index contributed by atoms with van der Waals surface area (Å²) in [5, 5.41) is 0.590. The highest BCUT2D eigenvalue weighted by atomic mass is 16.5. The van der Waals surface area contributed by atoms with E-state index in [9.17, 15) is 9.59 Å². The first-order valence-electron chi connectivity index (χ1n) is 10.3. The molecule has 0 aliphatic heterocycles. The van der Waals surface area contributed by atoms with Crippen LogP contribution in [0.4, 0.5) is 0 Å². The Bertz CT molecular complexity index is 831. The maximum absolute atomic E-state index is 13.1. The van der Waals surface area contributed by atoms with Crippen LogP contribution in [0.15, 0.2) is 29.1 Å². The molecule has 0 N–H and O–H groups in total. The van der Waals surface area contributed by atoms with Crippen molar-refractivity contribution in [2.24, 2.45) is 0 Å². The Kier molecular flexibility index (Phi) is 8.64. The fourth-order valence-electron chi connectivity index (χ4n) is 3.47. The van der Waals surface area contributed by atoms with Crippen LogP contribution in [0, 0.1) is 0 Å². The highest BCUT2D eigenvalue weighted by Crippen LogP contribution is 2.22. The van der Waals surface area contributed by atoms with E-state index in [2.05, 4.69) is 6.92 Å². The average molecular weight is 388 g/mol. The number of amides is 1. The van der Waals surface area contributed by atoms with Crippen molar-refractivity contribution in [1.82, 2.24) is 14.5 Å². The first kappa shape index (κ1) is 22.1. The van der Waals surface area contributed by atoms with Gasteiger partial charge in [-0.25, -0.2) is 4.98 Å². The zero-order valence-corrected chi connectivity index (χ0v) is 17.6. The van der Waals surface area contributed by atoms with Crippen molar-refractivity contribution in [2.45, 2.75) is 65.5 Å². The summed E-state index contributed by atoms with van der Waals surface area (Å²) >= 11 is 0. The van der Waals surface area contributed by atoms with E-state index >= 15 is 0 Å². The van der Waals surface area contributed by atoms with E-state index < -0.39 is 0 Å². The van der Waals surface area contributed by atoms with Gasteiger partial charge in [-0.3, -0.25) is 14.2 Å². The van der Waals surface area contributed by atoms with Crippen LogP contribution < -0.4 is 5.56 Å². The fourth-order valence-corrected chi connectivity index (χ4v) is 3.47. The smallest absolute Gasteiger partial charge is 0.261 e. The number of ether oxygens (including phenoxy) is 1. The Balaban J connectivity index is 2.50. The van der Waals surface area contributed by atoms with Gasteiger partial charge in [0.25, 0.3) is 5.56 Å². The molecule has 0 bridgehead atoms. The molecule has 0 radical (unpaired) electrons. The molecule has 1 aromatic heterocycles. The molecule has 154 valence electrons. The largest absolute Gasteiger partial charge is 0.383 e. The molecule has 1 heterocycles. The molecule has 2 rings (SSSR count). The molecular weight excluding hydrogens is 354 g/mol. The topological polar surface area (TPSA) is 64.4 Å². The van der Waals surface area contributed by atoms with Crippen molar-refractivity contribution in [3.05, 3.63) is 40.4 Å². The Morgan fingerprint density at radius 1 is 1.21 bits per heavy atom. The molecule has 1 unspecified atom stereocenters. The Morgan fingerprint density at radius 3 is 2.64 bits per heavy atom. The number of rotatable bonds is 11. The van der Waals surface area contributed by atoms with E-state index in [-0.39, 0.29) is 17.5 Å². The van der Waals surface area contributed by atoms with Crippen molar-refractivity contribution in [1.29, 1.82) is 0 Å². The van der Waals surface area contributed by atoms with E-state index in [1.807, 2.05) is 36.9 Å². The number of fused-ring (bicyclic) bond motifs is 1. The summed E-state index contributed by atoms with van der Waals surface area (Å²) in [4.78, 5) is 32.6. The molecule has 0 saturated carbocycles. The number of aromatic nitrogens is 2. The van der Waals surface area contributed by atoms with Gasteiger partial charge in [-0.15, -0.1) is 0 Å². The van der Waals surface area contributed by atoms with Crippen molar-refractivity contribution < 1.29 is 9.53 Å². The van der Waals surface area contributed by atoms with Gasteiger partial charge in [0.2, 0.25) is 5.91 Å². The van der Waals surface area contributed by atoms with Gasteiger partial charge in [0.05, 0.1) is 30.1 Å². The van der Waals surface area contributed by atoms with Gasteiger partial charge in [-0.05, 0) is 31.9 Å². The third kappa shape index (κ3) is 5.19. The van der Waals surface area contributed by atoms with Crippen molar-refractivity contribution in [2.75, 3.05) is 20.3 Å². The molecule has 0 aliphatic rings. The second kappa shape index (κ2) is 11.0. The Labute approximate surface area is 167 Å². The average Bonchev–Trinajstić information content (AvgIpc) is 2.70. The van der Waals surface area contributed by atoms with Gasteiger partial charge < -0.3 is 9.64 Å². The lowest BCUT2D eigenvalue weighted by Gasteiger charge is -2.30. The minimum Gasteiger partial charge on any atom is -0.383 e. The molecule has 1 aromatic carbocycles. The zero-order valence-electron chi connectivity index (χ0n) is 17.6. The Morgan fingerprint density at radius 2 is 1.96 bits per heavy atom. The molecule has 0 fully saturated rings. The summed E-state index contributed by atoms with van der Waals surface area (Å²) in [6.07, 6.45) is 4.43. The molecule has 0 spiro atoms. The van der Waals surface area contributed by atoms with E-state index in [1.54, 1.807) is 17.7 Å². The number of para-hydroxylation sites is 1. The van der Waals surface area contributed by atoms with Crippen LogP contribution in [0.1, 0.15) is 64.7 Å². The quantitative estimate of drug-likeness (QED) is 0.548. The maximum Gasteiger partial charge on any atom is 0.261 e. The fraction of sp³-hybridized carbons (Fsp3) is 0.591. The van der Waals surface area contributed by atoms with Gasteiger partial charge in [0.1, 0.15) is 5.82 Å². The molecule has 0 saturated heterocycles. The maximum atomic E-state index is 13.1. The van der Waals surface area contributed by atoms with Crippen LogP contribution in [0.5, 0.6) is 0 Å². The monoisotopic (exact) mass is 387 g/mol. The van der Waals surface area contributed by atoms with Crippen molar-refractivity contribution >= 4 is 16.8 Å². The summed E-state index contributed by atoms with van der Waals surface area (Å²) in [6, 6.07) is 7.10. The summed E-state index contributed by atoms with van der Waals surface area (Å²) in [7, 11) is 1.62. The van der Waals surface area contributed by atoms with Gasteiger partial charge in [0.15, 0.2) is 0 Å². The normalized spacial score (nSPS) is 12.3. The lowest BCUT2D eigenvalue weighted by Crippen LogP contribution is -2.38. The van der Waals surface area contributed by atoms with Gasteiger partial charge in [0, 0.05) is 20.1 Å². The lowest BCUT2D eigenvalue weighted by atomic mass is 10.1. The standard InChI is InChI=1S/C22H33N3O3/c1-5-7-10-14-24(20(26)11-6-2)17(3)21-23-19-13-9-8-12-18(19)22(27)25(21)15-16-28-4/h8-9,12-13,17H,5-7,10-11,14-16H2,1-4H3. The van der Waals surface area contributed by atoms with Gasteiger partial charge in [-0.1, -0.05) is 38.8 Å². The molecule has 28 heavy (non-hydrogen) atoms. The molecule has 6 heteroatoms. The van der Waals surface area contributed by atoms with Crippen LogP contribution in [0.2, 0.25) is 0 Å².